The summed E-state index contributed by atoms with van der Waals surface area (Å²) in [5.74, 6) is 0.723. The predicted molar refractivity (Wildman–Crippen MR) is 54.8 cm³/mol. The van der Waals surface area contributed by atoms with E-state index in [9.17, 15) is 0 Å². The lowest BCUT2D eigenvalue weighted by Gasteiger charge is -2.12. The smallest absolute Gasteiger partial charge is 0.122 e. The number of nitrogens with zero attached hydrogens (tertiary/aromatic N) is 2. The number of benzene rings is 1. The highest BCUT2D eigenvalue weighted by atomic mass is 15.5. The molecule has 68 valence electrons. The van der Waals surface area contributed by atoms with Gasteiger partial charge in [-0.25, -0.2) is 0 Å². The van der Waals surface area contributed by atoms with Crippen LogP contribution in [0, 0.1) is 6.92 Å². The molecule has 0 amide bonds. The van der Waals surface area contributed by atoms with Gasteiger partial charge in [-0.15, -0.1) is 0 Å². The third-order valence-corrected chi connectivity index (χ3v) is 2.16. The lowest BCUT2D eigenvalue weighted by molar-refractivity contribution is 0.921. The second-order valence-corrected chi connectivity index (χ2v) is 3.30. The van der Waals surface area contributed by atoms with Crippen LogP contribution in [0.1, 0.15) is 12.0 Å². The van der Waals surface area contributed by atoms with Crippen molar-refractivity contribution >= 4 is 11.5 Å². The van der Waals surface area contributed by atoms with Crippen LogP contribution in [0.4, 0.5) is 5.69 Å². The van der Waals surface area contributed by atoms with E-state index < -0.39 is 0 Å². The molecule has 0 fully saturated rings. The molecule has 0 spiro atoms. The molecule has 1 aromatic carbocycles. The molecule has 3 nitrogen and oxygen atoms in total. The van der Waals surface area contributed by atoms with Crippen LogP contribution in [0.2, 0.25) is 0 Å². The van der Waals surface area contributed by atoms with Gasteiger partial charge in [-0.2, -0.15) is 5.10 Å². The van der Waals surface area contributed by atoms with Crippen LogP contribution in [-0.4, -0.2) is 12.4 Å². The number of hydrazone groups is 1. The lowest BCUT2D eigenvalue weighted by Crippen LogP contribution is -2.11. The summed E-state index contributed by atoms with van der Waals surface area (Å²) in [7, 11) is 0. The molecule has 3 heteroatoms. The molecule has 13 heavy (non-hydrogen) atoms. The van der Waals surface area contributed by atoms with Crippen LogP contribution in [0.5, 0.6) is 0 Å². The Morgan fingerprint density at radius 2 is 2.00 bits per heavy atom. The van der Waals surface area contributed by atoms with Crippen LogP contribution in [-0.2, 0) is 0 Å². The molecule has 0 bridgehead atoms. The molecule has 2 rings (SSSR count). The van der Waals surface area contributed by atoms with Gasteiger partial charge < -0.3 is 5.73 Å². The first kappa shape index (κ1) is 8.10. The van der Waals surface area contributed by atoms with Gasteiger partial charge in [-0.1, -0.05) is 17.7 Å². The molecule has 0 radical (unpaired) electrons. The number of nitrogens with two attached hydrogens (primary N) is 1. The highest BCUT2D eigenvalue weighted by Crippen LogP contribution is 2.18. The van der Waals surface area contributed by atoms with Crippen molar-refractivity contribution in [1.29, 1.82) is 0 Å². The Bertz CT molecular complexity index is 327. The van der Waals surface area contributed by atoms with Gasteiger partial charge in [0.05, 0.1) is 5.69 Å². The number of aryl methyl sites for hydroxylation is 1. The van der Waals surface area contributed by atoms with Gasteiger partial charge in [0.25, 0.3) is 0 Å². The van der Waals surface area contributed by atoms with Crippen molar-refractivity contribution in [2.75, 3.05) is 11.6 Å². The molecule has 1 aromatic rings. The summed E-state index contributed by atoms with van der Waals surface area (Å²) in [6, 6.07) is 8.30. The number of anilines is 1. The Morgan fingerprint density at radius 3 is 2.54 bits per heavy atom. The van der Waals surface area contributed by atoms with Crippen LogP contribution in [0.25, 0.3) is 0 Å². The van der Waals surface area contributed by atoms with Crippen molar-refractivity contribution in [3.63, 3.8) is 0 Å². The summed E-state index contributed by atoms with van der Waals surface area (Å²) >= 11 is 0. The SMILES string of the molecule is Cc1ccc(N2CCC(N)=N2)cc1. The van der Waals surface area contributed by atoms with Crippen molar-refractivity contribution < 1.29 is 0 Å². The highest BCUT2D eigenvalue weighted by molar-refractivity contribution is 5.84. The molecule has 2 N–H and O–H groups in total. The molecule has 0 aromatic heterocycles. The fourth-order valence-electron chi connectivity index (χ4n) is 1.38. The van der Waals surface area contributed by atoms with E-state index in [-0.39, 0.29) is 0 Å². The third-order valence-electron chi connectivity index (χ3n) is 2.16. The van der Waals surface area contributed by atoms with E-state index in [1.54, 1.807) is 0 Å². The Balaban J connectivity index is 2.22. The molecule has 0 aliphatic carbocycles. The van der Waals surface area contributed by atoms with Gasteiger partial charge in [0.2, 0.25) is 0 Å². The minimum absolute atomic E-state index is 0.723. The topological polar surface area (TPSA) is 41.6 Å². The highest BCUT2D eigenvalue weighted by Gasteiger charge is 2.12. The summed E-state index contributed by atoms with van der Waals surface area (Å²) in [4.78, 5) is 0. The molecule has 0 saturated carbocycles. The van der Waals surface area contributed by atoms with Crippen LogP contribution in [0.15, 0.2) is 29.4 Å². The van der Waals surface area contributed by atoms with Crippen molar-refractivity contribution in [3.8, 4) is 0 Å². The van der Waals surface area contributed by atoms with Crippen molar-refractivity contribution in [1.82, 2.24) is 0 Å². The monoisotopic (exact) mass is 175 g/mol. The fourth-order valence-corrected chi connectivity index (χ4v) is 1.38. The maximum absolute atomic E-state index is 5.60. The third kappa shape index (κ3) is 1.64. The van der Waals surface area contributed by atoms with Crippen molar-refractivity contribution in [2.45, 2.75) is 13.3 Å². The van der Waals surface area contributed by atoms with E-state index in [2.05, 4.69) is 36.3 Å². The minimum atomic E-state index is 0.723. The summed E-state index contributed by atoms with van der Waals surface area (Å²) in [6.07, 6.45) is 0.869. The quantitative estimate of drug-likeness (QED) is 0.702. The van der Waals surface area contributed by atoms with E-state index in [0.717, 1.165) is 24.5 Å². The van der Waals surface area contributed by atoms with E-state index >= 15 is 0 Å². The maximum Gasteiger partial charge on any atom is 0.122 e. The zero-order valence-corrected chi connectivity index (χ0v) is 7.70. The maximum atomic E-state index is 5.60. The van der Waals surface area contributed by atoms with Crippen LogP contribution >= 0.6 is 0 Å². The zero-order valence-electron chi connectivity index (χ0n) is 7.70. The van der Waals surface area contributed by atoms with E-state index in [1.165, 1.54) is 5.56 Å². The standard InChI is InChI=1S/C10H13N3/c1-8-2-4-9(5-3-8)13-7-6-10(11)12-13/h2-5H,6-7H2,1H3,(H2,11,12). The Hall–Kier alpha value is -1.51. The van der Waals surface area contributed by atoms with E-state index in [4.69, 9.17) is 5.73 Å². The largest absolute Gasteiger partial charge is 0.386 e. The number of hydrogen-bond acceptors (Lipinski definition) is 3. The first-order chi connectivity index (χ1) is 6.25. The van der Waals surface area contributed by atoms with Gasteiger partial charge in [0.15, 0.2) is 0 Å². The van der Waals surface area contributed by atoms with Gasteiger partial charge in [0, 0.05) is 13.0 Å². The van der Waals surface area contributed by atoms with Gasteiger partial charge in [0.1, 0.15) is 5.84 Å². The van der Waals surface area contributed by atoms with E-state index in [0.29, 0.717) is 0 Å². The normalized spacial score (nSPS) is 16.1. The zero-order chi connectivity index (χ0) is 9.26. The first-order valence-corrected chi connectivity index (χ1v) is 4.43. The molecule has 0 atom stereocenters. The van der Waals surface area contributed by atoms with E-state index in [1.807, 2.05) is 5.01 Å². The second kappa shape index (κ2) is 3.09. The lowest BCUT2D eigenvalue weighted by atomic mass is 10.2. The summed E-state index contributed by atoms with van der Waals surface area (Å²) in [5.41, 5.74) is 7.98. The Kier molecular flexibility index (Phi) is 1.93. The van der Waals surface area contributed by atoms with Crippen LogP contribution in [0.3, 0.4) is 0 Å². The minimum Gasteiger partial charge on any atom is -0.386 e. The molecule has 0 unspecified atom stereocenters. The second-order valence-electron chi connectivity index (χ2n) is 3.30. The molecular formula is C10H13N3. The molecule has 0 saturated heterocycles. The molecule has 1 aliphatic heterocycles. The van der Waals surface area contributed by atoms with Crippen molar-refractivity contribution in [3.05, 3.63) is 29.8 Å². The summed E-state index contributed by atoms with van der Waals surface area (Å²) in [6.45, 7) is 2.97. The fraction of sp³-hybridized carbons (Fsp3) is 0.300. The average Bonchev–Trinajstić information content (AvgIpc) is 2.53. The van der Waals surface area contributed by atoms with Gasteiger partial charge in [-0.05, 0) is 19.1 Å². The average molecular weight is 175 g/mol. The number of amidine groups is 1. The number of hydrogen-bond donors (Lipinski definition) is 1. The van der Waals surface area contributed by atoms with Gasteiger partial charge in [-0.3, -0.25) is 5.01 Å². The predicted octanol–water partition coefficient (Wildman–Crippen LogP) is 1.48. The Labute approximate surface area is 77.9 Å². The van der Waals surface area contributed by atoms with Crippen LogP contribution < -0.4 is 10.7 Å². The molecular weight excluding hydrogens is 162 g/mol. The molecule has 1 heterocycles. The Morgan fingerprint density at radius 1 is 1.31 bits per heavy atom. The molecule has 1 aliphatic rings. The number of rotatable bonds is 1. The van der Waals surface area contributed by atoms with Gasteiger partial charge >= 0.3 is 0 Å². The first-order valence-electron chi connectivity index (χ1n) is 4.43. The summed E-state index contributed by atoms with van der Waals surface area (Å²) < 4.78 is 0. The summed E-state index contributed by atoms with van der Waals surface area (Å²) in [5, 5.41) is 6.16. The van der Waals surface area contributed by atoms with Crippen molar-refractivity contribution in [2.24, 2.45) is 10.8 Å².